The van der Waals surface area contributed by atoms with Crippen LogP contribution in [-0.2, 0) is 13.0 Å². The highest BCUT2D eigenvalue weighted by atomic mass is 16.5. The number of rotatable bonds is 9. The van der Waals surface area contributed by atoms with E-state index < -0.39 is 6.10 Å². The average molecular weight is 384 g/mol. The van der Waals surface area contributed by atoms with Gasteiger partial charge < -0.3 is 19.3 Å². The summed E-state index contributed by atoms with van der Waals surface area (Å²) in [6.45, 7) is 2.41. The lowest BCUT2D eigenvalue weighted by Crippen LogP contribution is -2.25. The molecule has 2 aromatic carbocycles. The van der Waals surface area contributed by atoms with Gasteiger partial charge in [-0.05, 0) is 47.5 Å². The largest absolute Gasteiger partial charge is 0.493 e. The van der Waals surface area contributed by atoms with Crippen LogP contribution in [0.5, 0.6) is 17.2 Å². The molecule has 0 amide bonds. The van der Waals surface area contributed by atoms with E-state index in [1.165, 1.54) is 10.4 Å². The first-order valence-electron chi connectivity index (χ1n) is 9.03. The minimum absolute atomic E-state index is 0.138. The highest BCUT2D eigenvalue weighted by Crippen LogP contribution is 2.30. The van der Waals surface area contributed by atoms with Crippen LogP contribution in [0, 0.1) is 0 Å². The van der Waals surface area contributed by atoms with Gasteiger partial charge in [-0.25, -0.2) is 0 Å². The van der Waals surface area contributed by atoms with Gasteiger partial charge in [0.15, 0.2) is 11.5 Å². The van der Waals surface area contributed by atoms with Crippen molar-refractivity contribution in [3.05, 3.63) is 48.0 Å². The normalized spacial score (nSPS) is 11.9. The van der Waals surface area contributed by atoms with Crippen LogP contribution in [0.15, 0.2) is 42.5 Å². The van der Waals surface area contributed by atoms with Gasteiger partial charge in [-0.3, -0.25) is 0 Å². The predicted molar refractivity (Wildman–Crippen MR) is 104 cm³/mol. The second kappa shape index (κ2) is 9.18. The van der Waals surface area contributed by atoms with Gasteiger partial charge in [0.05, 0.1) is 20.8 Å². The smallest absolute Gasteiger partial charge is 0.205 e. The number of nitrogens with zero attached hydrogens (tertiary/aromatic N) is 4. The van der Waals surface area contributed by atoms with E-state index in [1.807, 2.05) is 30.3 Å². The first-order chi connectivity index (χ1) is 13.6. The Bertz CT molecular complexity index is 895. The summed E-state index contributed by atoms with van der Waals surface area (Å²) in [6, 6.07) is 13.2. The summed E-state index contributed by atoms with van der Waals surface area (Å²) in [7, 11) is 3.14. The molecule has 0 bridgehead atoms. The van der Waals surface area contributed by atoms with Crippen LogP contribution < -0.4 is 14.2 Å². The molecule has 148 valence electrons. The van der Waals surface area contributed by atoms with Gasteiger partial charge >= 0.3 is 0 Å². The van der Waals surface area contributed by atoms with Crippen molar-refractivity contribution in [1.29, 1.82) is 0 Å². The lowest BCUT2D eigenvalue weighted by Gasteiger charge is -2.11. The van der Waals surface area contributed by atoms with Crippen LogP contribution in [0.4, 0.5) is 0 Å². The third-order valence-electron chi connectivity index (χ3n) is 4.24. The minimum atomic E-state index is -0.765. The second-order valence-electron chi connectivity index (χ2n) is 6.20. The number of benzene rings is 2. The molecule has 3 aromatic rings. The number of hydrogen-bond donors (Lipinski definition) is 1. The lowest BCUT2D eigenvalue weighted by molar-refractivity contribution is 0.0850. The van der Waals surface area contributed by atoms with Crippen molar-refractivity contribution in [2.75, 3.05) is 20.8 Å². The molecule has 1 aromatic heterocycles. The maximum atomic E-state index is 10.2. The van der Waals surface area contributed by atoms with Crippen molar-refractivity contribution in [3.8, 4) is 28.6 Å². The van der Waals surface area contributed by atoms with Gasteiger partial charge in [0.2, 0.25) is 5.82 Å². The van der Waals surface area contributed by atoms with E-state index in [9.17, 15) is 5.11 Å². The molecule has 0 spiro atoms. The average Bonchev–Trinajstić information content (AvgIpc) is 3.20. The third-order valence-corrected chi connectivity index (χ3v) is 4.24. The van der Waals surface area contributed by atoms with Gasteiger partial charge in [-0.1, -0.05) is 19.1 Å². The number of aliphatic hydroxyl groups is 1. The number of aromatic nitrogens is 4. The summed E-state index contributed by atoms with van der Waals surface area (Å²) in [5.41, 5.74) is 1.98. The molecule has 0 aliphatic heterocycles. The van der Waals surface area contributed by atoms with E-state index >= 15 is 0 Å². The van der Waals surface area contributed by atoms with Crippen LogP contribution in [0.3, 0.4) is 0 Å². The summed E-state index contributed by atoms with van der Waals surface area (Å²) < 4.78 is 16.1. The summed E-state index contributed by atoms with van der Waals surface area (Å²) in [5, 5.41) is 22.6. The van der Waals surface area contributed by atoms with E-state index in [4.69, 9.17) is 14.2 Å². The fraction of sp³-hybridized carbons (Fsp3) is 0.350. The second-order valence-corrected chi connectivity index (χ2v) is 6.20. The summed E-state index contributed by atoms with van der Waals surface area (Å²) in [4.78, 5) is 1.35. The van der Waals surface area contributed by atoms with Crippen molar-refractivity contribution >= 4 is 0 Å². The molecule has 3 rings (SSSR count). The zero-order valence-corrected chi connectivity index (χ0v) is 16.2. The van der Waals surface area contributed by atoms with E-state index in [2.05, 4.69) is 22.3 Å². The molecule has 0 aliphatic carbocycles. The van der Waals surface area contributed by atoms with E-state index in [1.54, 1.807) is 26.4 Å². The first-order valence-corrected chi connectivity index (χ1v) is 9.03. The topological polar surface area (TPSA) is 91.5 Å². The maximum absolute atomic E-state index is 10.2. The number of methoxy groups -OCH3 is 2. The Morgan fingerprint density at radius 1 is 1.04 bits per heavy atom. The van der Waals surface area contributed by atoms with Gasteiger partial charge in [-0.15, -0.1) is 10.2 Å². The number of ether oxygens (including phenoxy) is 3. The van der Waals surface area contributed by atoms with Crippen LogP contribution in [0.25, 0.3) is 11.4 Å². The molecule has 0 saturated heterocycles. The van der Waals surface area contributed by atoms with E-state index in [0.717, 1.165) is 12.0 Å². The summed E-state index contributed by atoms with van der Waals surface area (Å²) >= 11 is 0. The monoisotopic (exact) mass is 384 g/mol. The Kier molecular flexibility index (Phi) is 6.44. The van der Waals surface area contributed by atoms with Gasteiger partial charge in [0.1, 0.15) is 18.5 Å². The van der Waals surface area contributed by atoms with E-state index in [0.29, 0.717) is 23.1 Å². The quantitative estimate of drug-likeness (QED) is 0.605. The standard InChI is InChI=1S/C20H24N4O4/c1-4-14-5-8-17(9-6-14)28-13-16(25)12-24-22-20(21-23-24)15-7-10-18(26-2)19(11-15)27-3/h5-11,16,25H,4,12-13H2,1-3H3/t16-/m0/s1. The van der Waals surface area contributed by atoms with Crippen molar-refractivity contribution in [1.82, 2.24) is 20.2 Å². The fourth-order valence-electron chi connectivity index (χ4n) is 2.67. The maximum Gasteiger partial charge on any atom is 0.205 e. The first kappa shape index (κ1) is 19.6. The van der Waals surface area contributed by atoms with Crippen molar-refractivity contribution < 1.29 is 19.3 Å². The number of aryl methyl sites for hydroxylation is 1. The highest BCUT2D eigenvalue weighted by Gasteiger charge is 2.13. The lowest BCUT2D eigenvalue weighted by atomic mass is 10.2. The van der Waals surface area contributed by atoms with Gasteiger partial charge in [-0.2, -0.15) is 4.80 Å². The van der Waals surface area contributed by atoms with Gasteiger partial charge in [0, 0.05) is 5.56 Å². The summed E-state index contributed by atoms with van der Waals surface area (Å²) in [5.74, 6) is 2.36. The van der Waals surface area contributed by atoms with Crippen LogP contribution in [0.2, 0.25) is 0 Å². The van der Waals surface area contributed by atoms with Crippen LogP contribution >= 0.6 is 0 Å². The van der Waals surface area contributed by atoms with Gasteiger partial charge in [0.25, 0.3) is 0 Å². The van der Waals surface area contributed by atoms with E-state index in [-0.39, 0.29) is 13.2 Å². The van der Waals surface area contributed by atoms with Crippen molar-refractivity contribution in [2.24, 2.45) is 0 Å². The Labute approximate surface area is 163 Å². The molecule has 8 nitrogen and oxygen atoms in total. The molecule has 28 heavy (non-hydrogen) atoms. The molecule has 0 radical (unpaired) electrons. The number of aliphatic hydroxyl groups excluding tert-OH is 1. The molecule has 1 N–H and O–H groups in total. The molecular weight excluding hydrogens is 360 g/mol. The fourth-order valence-corrected chi connectivity index (χ4v) is 2.67. The minimum Gasteiger partial charge on any atom is -0.493 e. The molecule has 0 saturated carbocycles. The van der Waals surface area contributed by atoms with Crippen molar-refractivity contribution in [2.45, 2.75) is 26.0 Å². The van der Waals surface area contributed by atoms with Crippen molar-refractivity contribution in [3.63, 3.8) is 0 Å². The molecule has 0 aliphatic rings. The Balaban J connectivity index is 1.59. The molecule has 0 unspecified atom stereocenters. The molecule has 1 atom stereocenters. The number of tetrazole rings is 1. The number of hydrogen-bond acceptors (Lipinski definition) is 7. The molecule has 1 heterocycles. The molecule has 8 heteroatoms. The third kappa shape index (κ3) is 4.77. The zero-order valence-electron chi connectivity index (χ0n) is 16.2. The molecular formula is C20H24N4O4. The highest BCUT2D eigenvalue weighted by molar-refractivity contribution is 5.60. The zero-order chi connectivity index (χ0) is 19.9. The summed E-state index contributed by atoms with van der Waals surface area (Å²) in [6.07, 6.45) is 0.210. The Hall–Kier alpha value is -3.13. The Morgan fingerprint density at radius 3 is 2.46 bits per heavy atom. The predicted octanol–water partition coefficient (Wildman–Crippen LogP) is 2.36. The van der Waals surface area contributed by atoms with Crippen LogP contribution in [-0.4, -0.2) is 52.2 Å². The van der Waals surface area contributed by atoms with Crippen LogP contribution in [0.1, 0.15) is 12.5 Å². The molecule has 0 fully saturated rings. The SMILES string of the molecule is CCc1ccc(OC[C@@H](O)Cn2nnc(-c3ccc(OC)c(OC)c3)n2)cc1. The Morgan fingerprint density at radius 2 is 1.79 bits per heavy atom.